The molecule has 0 saturated heterocycles. The van der Waals surface area contributed by atoms with Crippen LogP contribution >= 0.6 is 34.4 Å². The van der Waals surface area contributed by atoms with E-state index in [2.05, 4.69) is 5.38 Å². The van der Waals surface area contributed by atoms with E-state index in [0.717, 1.165) is 42.1 Å². The number of benzene rings is 1. The van der Waals surface area contributed by atoms with Crippen LogP contribution in [-0.4, -0.2) is 28.8 Å². The maximum absolute atomic E-state index is 13.2. The van der Waals surface area contributed by atoms with Crippen LogP contribution in [0.2, 0.25) is 0 Å². The van der Waals surface area contributed by atoms with E-state index < -0.39 is 0 Å². The van der Waals surface area contributed by atoms with Crippen LogP contribution in [0.1, 0.15) is 36.0 Å². The van der Waals surface area contributed by atoms with E-state index >= 15 is 0 Å². The summed E-state index contributed by atoms with van der Waals surface area (Å²) < 4.78 is 12.5. The first kappa shape index (κ1) is 22.8. The highest BCUT2D eigenvalue weighted by atomic mass is 32.2. The van der Waals surface area contributed by atoms with Gasteiger partial charge in [-0.25, -0.2) is 9.97 Å². The molecule has 168 valence electrons. The molecular weight excluding hydrogens is 462 g/mol. The summed E-state index contributed by atoms with van der Waals surface area (Å²) in [6, 6.07) is 5.82. The van der Waals surface area contributed by atoms with Crippen molar-refractivity contribution >= 4 is 44.7 Å². The zero-order chi connectivity index (χ0) is 23.0. The number of hydrogen-bond acceptors (Lipinski definition) is 8. The number of thiophene rings is 1. The predicted octanol–water partition coefficient (Wildman–Crippen LogP) is 6.09. The second-order valence-corrected chi connectivity index (χ2v) is 10.6. The lowest BCUT2D eigenvalue weighted by Crippen LogP contribution is -2.24. The molecule has 4 aromatic rings. The van der Waals surface area contributed by atoms with Gasteiger partial charge in [-0.1, -0.05) is 11.8 Å². The molecule has 0 radical (unpaired) electrons. The minimum atomic E-state index is 0.0271. The van der Waals surface area contributed by atoms with Crippen LogP contribution < -0.4 is 15.0 Å². The maximum atomic E-state index is 13.2. The van der Waals surface area contributed by atoms with Crippen LogP contribution in [0.3, 0.4) is 0 Å². The molecule has 0 unspecified atom stereocenters. The molecule has 3 aromatic heterocycles. The van der Waals surface area contributed by atoms with E-state index in [0.29, 0.717) is 17.3 Å². The Bertz CT molecular complexity index is 1340. The van der Waals surface area contributed by atoms with Gasteiger partial charge < -0.3 is 9.47 Å². The van der Waals surface area contributed by atoms with Crippen molar-refractivity contribution < 1.29 is 9.47 Å². The minimum absolute atomic E-state index is 0.0271. The molecule has 0 bridgehead atoms. The quantitative estimate of drug-likeness (QED) is 0.232. The first-order chi connectivity index (χ1) is 15.3. The summed E-state index contributed by atoms with van der Waals surface area (Å²) in [7, 11) is 3.25. The molecule has 0 amide bonds. The molecule has 3 heterocycles. The molecule has 0 fully saturated rings. The molecule has 1 aromatic carbocycles. The molecule has 0 aliphatic rings. The fourth-order valence-corrected chi connectivity index (χ4v) is 6.47. The van der Waals surface area contributed by atoms with Crippen molar-refractivity contribution in [1.82, 2.24) is 14.5 Å². The van der Waals surface area contributed by atoms with Gasteiger partial charge in [0.15, 0.2) is 16.7 Å². The minimum Gasteiger partial charge on any atom is -0.493 e. The number of methoxy groups -OCH3 is 2. The van der Waals surface area contributed by atoms with Gasteiger partial charge >= 0.3 is 0 Å². The lowest BCUT2D eigenvalue weighted by Gasteiger charge is -2.15. The molecule has 4 rings (SSSR count). The molecule has 6 nitrogen and oxygen atoms in total. The Labute approximate surface area is 199 Å². The van der Waals surface area contributed by atoms with Crippen LogP contribution in [0.5, 0.6) is 11.5 Å². The number of aryl methyl sites for hydroxylation is 2. The van der Waals surface area contributed by atoms with Crippen molar-refractivity contribution in [2.45, 2.75) is 44.6 Å². The van der Waals surface area contributed by atoms with Gasteiger partial charge in [-0.15, -0.1) is 22.7 Å². The maximum Gasteiger partial charge on any atom is 0.263 e. The van der Waals surface area contributed by atoms with Crippen molar-refractivity contribution in [3.63, 3.8) is 0 Å². The van der Waals surface area contributed by atoms with Gasteiger partial charge in [0.2, 0.25) is 0 Å². The number of hydrogen-bond donors (Lipinski definition) is 0. The molecule has 32 heavy (non-hydrogen) atoms. The second kappa shape index (κ2) is 9.25. The third kappa shape index (κ3) is 4.16. The topological polar surface area (TPSA) is 66.2 Å². The smallest absolute Gasteiger partial charge is 0.263 e. The summed E-state index contributed by atoms with van der Waals surface area (Å²) in [5.74, 6) is 2.00. The highest BCUT2D eigenvalue weighted by molar-refractivity contribution is 7.98. The molecule has 9 heteroatoms. The van der Waals surface area contributed by atoms with E-state index in [1.54, 1.807) is 53.2 Å². The summed E-state index contributed by atoms with van der Waals surface area (Å²) in [5.41, 5.74) is 3.01. The fraction of sp³-hybridized carbons (Fsp3) is 0.348. The molecule has 0 spiro atoms. The Balaban J connectivity index is 1.62. The Kier molecular flexibility index (Phi) is 6.60. The molecule has 0 N–H and O–H groups in total. The van der Waals surface area contributed by atoms with Crippen LogP contribution in [0.4, 0.5) is 0 Å². The third-order valence-corrected chi connectivity index (χ3v) is 8.28. The summed E-state index contributed by atoms with van der Waals surface area (Å²) in [5, 5.41) is 4.44. The van der Waals surface area contributed by atoms with E-state index in [9.17, 15) is 4.79 Å². The van der Waals surface area contributed by atoms with Crippen LogP contribution in [0.15, 0.2) is 33.5 Å². The summed E-state index contributed by atoms with van der Waals surface area (Å²) >= 11 is 4.72. The first-order valence-electron chi connectivity index (χ1n) is 10.2. The lowest BCUT2D eigenvalue weighted by atomic mass is 10.2. The van der Waals surface area contributed by atoms with E-state index in [-0.39, 0.29) is 11.6 Å². The van der Waals surface area contributed by atoms with Gasteiger partial charge in [0.05, 0.1) is 25.3 Å². The third-order valence-electron chi connectivity index (χ3n) is 5.25. The van der Waals surface area contributed by atoms with Crippen molar-refractivity contribution in [1.29, 1.82) is 0 Å². The van der Waals surface area contributed by atoms with Gasteiger partial charge in [-0.2, -0.15) is 0 Å². The number of aromatic nitrogens is 3. The molecule has 0 saturated carbocycles. The number of thioether (sulfide) groups is 1. The zero-order valence-electron chi connectivity index (χ0n) is 18.9. The predicted molar refractivity (Wildman–Crippen MR) is 134 cm³/mol. The van der Waals surface area contributed by atoms with Gasteiger partial charge in [-0.3, -0.25) is 9.36 Å². The zero-order valence-corrected chi connectivity index (χ0v) is 21.3. The Hall–Kier alpha value is -2.36. The standard InChI is InChI=1S/C23H25N3O3S3/c1-12(2)26-22(27)19-13(3)14(4)32-21(19)25-23(26)31-11-16-10-30-20(24-16)15-7-8-17(28-5)18(9-15)29-6/h7-10,12H,11H2,1-6H3. The SMILES string of the molecule is COc1ccc(-c2nc(CSc3nc4sc(C)c(C)c4c(=O)n3C(C)C)cs2)cc1OC. The van der Waals surface area contributed by atoms with Gasteiger partial charge in [-0.05, 0) is 51.5 Å². The molecule has 0 atom stereocenters. The molecule has 0 aliphatic heterocycles. The average Bonchev–Trinajstić information content (AvgIpc) is 3.36. The number of ether oxygens (including phenoxy) is 2. The summed E-state index contributed by atoms with van der Waals surface area (Å²) in [4.78, 5) is 24.8. The van der Waals surface area contributed by atoms with Crippen molar-refractivity contribution in [2.75, 3.05) is 14.2 Å². The Morgan fingerprint density at radius 1 is 1.12 bits per heavy atom. The fourth-order valence-electron chi connectivity index (χ4n) is 3.46. The van der Waals surface area contributed by atoms with Crippen molar-refractivity contribution in [3.8, 4) is 22.1 Å². The number of rotatable bonds is 7. The van der Waals surface area contributed by atoms with E-state index in [4.69, 9.17) is 19.4 Å². The van der Waals surface area contributed by atoms with Crippen molar-refractivity contribution in [2.24, 2.45) is 0 Å². The largest absolute Gasteiger partial charge is 0.493 e. The molecular formula is C23H25N3O3S3. The number of fused-ring (bicyclic) bond motifs is 1. The lowest BCUT2D eigenvalue weighted by molar-refractivity contribution is 0.355. The second-order valence-electron chi connectivity index (χ2n) is 7.63. The van der Waals surface area contributed by atoms with E-state index in [1.165, 1.54) is 0 Å². The van der Waals surface area contributed by atoms with Crippen LogP contribution in [0, 0.1) is 13.8 Å². The highest BCUT2D eigenvalue weighted by Gasteiger charge is 2.19. The summed E-state index contributed by atoms with van der Waals surface area (Å²) in [6.07, 6.45) is 0. The summed E-state index contributed by atoms with van der Waals surface area (Å²) in [6.45, 7) is 8.08. The van der Waals surface area contributed by atoms with Crippen molar-refractivity contribution in [3.05, 3.63) is 50.1 Å². The Morgan fingerprint density at radius 3 is 2.56 bits per heavy atom. The molecule has 0 aliphatic carbocycles. The first-order valence-corrected chi connectivity index (χ1v) is 12.8. The van der Waals surface area contributed by atoms with Gasteiger partial charge in [0.25, 0.3) is 5.56 Å². The monoisotopic (exact) mass is 487 g/mol. The van der Waals surface area contributed by atoms with Crippen LogP contribution in [0.25, 0.3) is 20.8 Å². The average molecular weight is 488 g/mol. The van der Waals surface area contributed by atoms with Gasteiger partial charge in [0.1, 0.15) is 9.84 Å². The number of nitrogens with zero attached hydrogens (tertiary/aromatic N) is 3. The van der Waals surface area contributed by atoms with E-state index in [1.807, 2.05) is 45.9 Å². The Morgan fingerprint density at radius 2 is 1.88 bits per heavy atom. The number of thiazole rings is 1. The normalized spacial score (nSPS) is 11.5. The van der Waals surface area contributed by atoms with Gasteiger partial charge in [0, 0.05) is 27.6 Å². The highest BCUT2D eigenvalue weighted by Crippen LogP contribution is 2.35. The van der Waals surface area contributed by atoms with Crippen LogP contribution in [-0.2, 0) is 5.75 Å².